The van der Waals surface area contributed by atoms with Gasteiger partial charge in [0.2, 0.25) is 0 Å². The first-order valence-corrected chi connectivity index (χ1v) is 7.37. The number of carbonyl (C=O) groups excluding carboxylic acids is 2. The summed E-state index contributed by atoms with van der Waals surface area (Å²) in [6.07, 6.45) is 0.899. The zero-order valence-corrected chi connectivity index (χ0v) is 14.0. The van der Waals surface area contributed by atoms with Gasteiger partial charge in [0.1, 0.15) is 11.2 Å². The van der Waals surface area contributed by atoms with E-state index in [2.05, 4.69) is 10.4 Å². The molecule has 2 aromatic heterocycles. The van der Waals surface area contributed by atoms with Crippen LogP contribution in [0.3, 0.4) is 0 Å². The quantitative estimate of drug-likeness (QED) is 0.879. The fourth-order valence-corrected chi connectivity index (χ4v) is 2.11. The highest BCUT2D eigenvalue weighted by molar-refractivity contribution is 5.98. The molecule has 0 fully saturated rings. The number of nitrogens with zero attached hydrogens (tertiary/aromatic N) is 2. The summed E-state index contributed by atoms with van der Waals surface area (Å²) in [5.74, 6) is -0.448. The summed E-state index contributed by atoms with van der Waals surface area (Å²) in [5.41, 5.74) is 1.62. The Bertz CT molecular complexity index is 744. The monoisotopic (exact) mass is 319 g/mol. The van der Waals surface area contributed by atoms with Gasteiger partial charge in [0.05, 0.1) is 18.3 Å². The molecule has 0 bridgehead atoms. The third-order valence-electron chi connectivity index (χ3n) is 2.94. The molecule has 0 aliphatic carbocycles. The van der Waals surface area contributed by atoms with Crippen LogP contribution in [0.25, 0.3) is 5.52 Å². The number of anilines is 1. The van der Waals surface area contributed by atoms with E-state index in [4.69, 9.17) is 9.47 Å². The van der Waals surface area contributed by atoms with Crippen molar-refractivity contribution in [3.63, 3.8) is 0 Å². The van der Waals surface area contributed by atoms with Crippen LogP contribution in [0.2, 0.25) is 0 Å². The molecule has 0 saturated heterocycles. The van der Waals surface area contributed by atoms with E-state index in [0.29, 0.717) is 16.8 Å². The van der Waals surface area contributed by atoms with Crippen LogP contribution in [0.1, 0.15) is 43.7 Å². The molecule has 0 aromatic carbocycles. The van der Waals surface area contributed by atoms with Gasteiger partial charge in [-0.15, -0.1) is 0 Å². The number of aromatic nitrogens is 2. The Labute approximate surface area is 134 Å². The van der Waals surface area contributed by atoms with E-state index in [-0.39, 0.29) is 6.61 Å². The maximum Gasteiger partial charge on any atom is 0.412 e. The van der Waals surface area contributed by atoms with Crippen LogP contribution in [0, 0.1) is 6.92 Å². The number of ether oxygens (including phenoxy) is 2. The van der Waals surface area contributed by atoms with Crippen molar-refractivity contribution in [2.75, 3.05) is 11.9 Å². The molecule has 0 unspecified atom stereocenters. The summed E-state index contributed by atoms with van der Waals surface area (Å²) in [6.45, 7) is 9.22. The van der Waals surface area contributed by atoms with Gasteiger partial charge in [0.15, 0.2) is 0 Å². The number of aryl methyl sites for hydroxylation is 1. The summed E-state index contributed by atoms with van der Waals surface area (Å²) >= 11 is 0. The largest absolute Gasteiger partial charge is 0.462 e. The third kappa shape index (κ3) is 4.00. The van der Waals surface area contributed by atoms with Crippen molar-refractivity contribution in [3.8, 4) is 0 Å². The Morgan fingerprint density at radius 2 is 2.00 bits per heavy atom. The first-order valence-electron chi connectivity index (χ1n) is 7.37. The minimum atomic E-state index is -0.587. The molecular weight excluding hydrogens is 298 g/mol. The minimum Gasteiger partial charge on any atom is -0.462 e. The molecule has 7 nitrogen and oxygen atoms in total. The summed E-state index contributed by atoms with van der Waals surface area (Å²) < 4.78 is 11.9. The number of carbonyl (C=O) groups is 2. The van der Waals surface area contributed by atoms with Crippen LogP contribution < -0.4 is 5.32 Å². The van der Waals surface area contributed by atoms with Crippen molar-refractivity contribution in [2.45, 2.75) is 40.2 Å². The van der Waals surface area contributed by atoms with Crippen molar-refractivity contribution < 1.29 is 19.1 Å². The minimum absolute atomic E-state index is 0.283. The predicted octanol–water partition coefficient (Wildman–Crippen LogP) is 3.17. The maximum absolute atomic E-state index is 12.0. The van der Waals surface area contributed by atoms with E-state index in [1.807, 2.05) is 6.92 Å². The van der Waals surface area contributed by atoms with Crippen molar-refractivity contribution >= 4 is 23.3 Å². The van der Waals surface area contributed by atoms with Crippen molar-refractivity contribution in [1.82, 2.24) is 9.61 Å². The lowest BCUT2D eigenvalue weighted by Crippen LogP contribution is -2.27. The van der Waals surface area contributed by atoms with Gasteiger partial charge in [-0.2, -0.15) is 5.10 Å². The van der Waals surface area contributed by atoms with Crippen LogP contribution in [-0.2, 0) is 9.47 Å². The number of esters is 1. The fourth-order valence-electron chi connectivity index (χ4n) is 2.11. The number of fused-ring (bicyclic) bond motifs is 1. The van der Waals surface area contributed by atoms with Crippen molar-refractivity contribution in [3.05, 3.63) is 29.6 Å². The van der Waals surface area contributed by atoms with E-state index in [1.165, 1.54) is 6.20 Å². The lowest BCUT2D eigenvalue weighted by atomic mass is 10.2. The third-order valence-corrected chi connectivity index (χ3v) is 2.94. The number of amides is 1. The zero-order valence-electron chi connectivity index (χ0n) is 14.0. The average Bonchev–Trinajstić information content (AvgIpc) is 2.80. The second-order valence-corrected chi connectivity index (χ2v) is 6.09. The molecule has 0 atom stereocenters. The highest BCUT2D eigenvalue weighted by Gasteiger charge is 2.18. The van der Waals surface area contributed by atoms with E-state index in [0.717, 1.165) is 5.69 Å². The Balaban J connectivity index is 2.34. The molecule has 1 N–H and O–H groups in total. The summed E-state index contributed by atoms with van der Waals surface area (Å²) in [4.78, 5) is 23.9. The topological polar surface area (TPSA) is 81.9 Å². The Kier molecular flexibility index (Phi) is 4.58. The van der Waals surface area contributed by atoms with Gasteiger partial charge >= 0.3 is 12.1 Å². The van der Waals surface area contributed by atoms with Gasteiger partial charge < -0.3 is 9.47 Å². The molecule has 0 radical (unpaired) electrons. The zero-order chi connectivity index (χ0) is 17.2. The predicted molar refractivity (Wildman–Crippen MR) is 85.7 cm³/mol. The number of rotatable bonds is 3. The molecule has 23 heavy (non-hydrogen) atoms. The SMILES string of the molecule is CCOC(=O)c1cnn2c(C)cc(NC(=O)OC(C)(C)C)cc12. The average molecular weight is 319 g/mol. The van der Waals surface area contributed by atoms with Crippen LogP contribution in [-0.4, -0.2) is 33.9 Å². The van der Waals surface area contributed by atoms with Crippen molar-refractivity contribution in [1.29, 1.82) is 0 Å². The first-order chi connectivity index (χ1) is 10.7. The van der Waals surface area contributed by atoms with Crippen LogP contribution >= 0.6 is 0 Å². The van der Waals surface area contributed by atoms with Crippen LogP contribution in [0.4, 0.5) is 10.5 Å². The Hall–Kier alpha value is -2.57. The van der Waals surface area contributed by atoms with Gasteiger partial charge in [0.25, 0.3) is 0 Å². The number of hydrogen-bond acceptors (Lipinski definition) is 5. The lowest BCUT2D eigenvalue weighted by molar-refractivity contribution is 0.0528. The fraction of sp³-hybridized carbons (Fsp3) is 0.438. The number of nitrogens with one attached hydrogen (secondary N) is 1. The van der Waals surface area contributed by atoms with Crippen LogP contribution in [0.15, 0.2) is 18.3 Å². The summed E-state index contributed by atoms with van der Waals surface area (Å²) in [7, 11) is 0. The molecule has 1 amide bonds. The van der Waals surface area contributed by atoms with Gasteiger partial charge in [-0.25, -0.2) is 14.1 Å². The van der Waals surface area contributed by atoms with Gasteiger partial charge in [0, 0.05) is 11.4 Å². The molecule has 0 aliphatic rings. The highest BCUT2D eigenvalue weighted by atomic mass is 16.6. The molecule has 0 aliphatic heterocycles. The van der Waals surface area contributed by atoms with Gasteiger partial charge in [-0.1, -0.05) is 0 Å². The normalized spacial score (nSPS) is 11.3. The molecule has 2 aromatic rings. The van der Waals surface area contributed by atoms with Gasteiger partial charge in [-0.3, -0.25) is 5.32 Å². The second-order valence-electron chi connectivity index (χ2n) is 6.09. The van der Waals surface area contributed by atoms with Crippen LogP contribution in [0.5, 0.6) is 0 Å². The molecule has 0 spiro atoms. The number of pyridine rings is 1. The Morgan fingerprint density at radius 1 is 1.30 bits per heavy atom. The molecule has 2 heterocycles. The molecule has 124 valence electrons. The van der Waals surface area contributed by atoms with E-state index >= 15 is 0 Å². The molecular formula is C16H21N3O4. The second kappa shape index (κ2) is 6.28. The highest BCUT2D eigenvalue weighted by Crippen LogP contribution is 2.20. The van der Waals surface area contributed by atoms with E-state index < -0.39 is 17.7 Å². The Morgan fingerprint density at radius 3 is 2.61 bits per heavy atom. The molecule has 2 rings (SSSR count). The molecule has 7 heteroatoms. The maximum atomic E-state index is 12.0. The number of hydrogen-bond donors (Lipinski definition) is 1. The van der Waals surface area contributed by atoms with Crippen molar-refractivity contribution in [2.24, 2.45) is 0 Å². The summed E-state index contributed by atoms with van der Waals surface area (Å²) in [5, 5.41) is 6.84. The lowest BCUT2D eigenvalue weighted by Gasteiger charge is -2.19. The standard InChI is InChI=1S/C16H21N3O4/c1-6-22-14(20)12-9-17-19-10(2)7-11(8-13(12)19)18-15(21)23-16(3,4)5/h7-9H,6H2,1-5H3,(H,18,21). The summed E-state index contributed by atoms with van der Waals surface area (Å²) in [6, 6.07) is 3.41. The van der Waals surface area contributed by atoms with E-state index in [1.54, 1.807) is 44.3 Å². The first kappa shape index (κ1) is 16.8. The molecule has 0 saturated carbocycles. The smallest absolute Gasteiger partial charge is 0.412 e. The van der Waals surface area contributed by atoms with Gasteiger partial charge in [-0.05, 0) is 46.8 Å². The van der Waals surface area contributed by atoms with E-state index in [9.17, 15) is 9.59 Å².